The molecule has 0 saturated carbocycles. The van der Waals surface area contributed by atoms with Crippen LogP contribution < -0.4 is 0 Å². The van der Waals surface area contributed by atoms with Gasteiger partial charge in [0.05, 0.1) is 0 Å². The van der Waals surface area contributed by atoms with E-state index in [1.54, 1.807) is 0 Å². The minimum atomic E-state index is -0.781. The second-order valence-corrected chi connectivity index (χ2v) is 19.2. The number of unbranched alkanes of at least 4 members (excludes halogenated alkanes) is 33. The number of rotatable bonds is 52. The van der Waals surface area contributed by atoms with E-state index in [-0.39, 0.29) is 31.1 Å². The Hall–Kier alpha value is -2.63. The lowest BCUT2D eigenvalue weighted by Crippen LogP contribution is -2.30. The lowest BCUT2D eigenvalue weighted by Gasteiger charge is -2.18. The maximum absolute atomic E-state index is 12.8. The number of ether oxygens (including phenoxy) is 3. The molecule has 0 heterocycles. The van der Waals surface area contributed by atoms with Crippen molar-refractivity contribution in [2.75, 3.05) is 13.2 Å². The Labute approximate surface area is 409 Å². The maximum atomic E-state index is 12.8. The SMILES string of the molecule is CC/C=C\C/C=C\C/C=C\CCCCCCC(=O)OCC(COC(=O)CCCCCCCCC/C=C\CCCCCCCCCC)OC(=O)CCCCCCCCCCCCCCCCC. The van der Waals surface area contributed by atoms with Gasteiger partial charge in [-0.1, -0.05) is 249 Å². The molecule has 0 aromatic carbocycles. The van der Waals surface area contributed by atoms with Crippen LogP contribution in [0.4, 0.5) is 0 Å². The average Bonchev–Trinajstić information content (AvgIpc) is 3.31. The summed E-state index contributed by atoms with van der Waals surface area (Å²) in [6, 6.07) is 0. The van der Waals surface area contributed by atoms with Gasteiger partial charge in [-0.2, -0.15) is 0 Å². The molecule has 66 heavy (non-hydrogen) atoms. The fourth-order valence-corrected chi connectivity index (χ4v) is 8.28. The Kier molecular flexibility index (Phi) is 52.8. The molecule has 0 aliphatic carbocycles. The maximum Gasteiger partial charge on any atom is 0.306 e. The molecule has 0 rings (SSSR count). The summed E-state index contributed by atoms with van der Waals surface area (Å²) in [6.07, 6.45) is 66.7. The van der Waals surface area contributed by atoms with E-state index in [4.69, 9.17) is 14.2 Å². The molecule has 0 radical (unpaired) electrons. The number of esters is 3. The molecular formula is C60H108O6. The lowest BCUT2D eigenvalue weighted by atomic mass is 10.0. The van der Waals surface area contributed by atoms with Crippen LogP contribution in [0.25, 0.3) is 0 Å². The molecule has 1 atom stereocenters. The second-order valence-electron chi connectivity index (χ2n) is 19.2. The Balaban J connectivity index is 4.36. The topological polar surface area (TPSA) is 78.9 Å². The minimum Gasteiger partial charge on any atom is -0.462 e. The average molecular weight is 926 g/mol. The summed E-state index contributed by atoms with van der Waals surface area (Å²) < 4.78 is 16.8. The summed E-state index contributed by atoms with van der Waals surface area (Å²) in [4.78, 5) is 38.1. The Bertz CT molecular complexity index is 1150. The normalized spacial score (nSPS) is 12.3. The van der Waals surface area contributed by atoms with Crippen molar-refractivity contribution in [3.8, 4) is 0 Å². The lowest BCUT2D eigenvalue weighted by molar-refractivity contribution is -0.167. The molecule has 0 aliphatic heterocycles. The summed E-state index contributed by atoms with van der Waals surface area (Å²) in [5.74, 6) is -0.892. The van der Waals surface area contributed by atoms with E-state index in [9.17, 15) is 14.4 Å². The van der Waals surface area contributed by atoms with Crippen LogP contribution in [0.5, 0.6) is 0 Å². The van der Waals surface area contributed by atoms with Gasteiger partial charge in [-0.05, 0) is 77.0 Å². The van der Waals surface area contributed by atoms with Crippen LogP contribution in [0, 0.1) is 0 Å². The van der Waals surface area contributed by atoms with Gasteiger partial charge in [-0.15, -0.1) is 0 Å². The standard InChI is InChI=1S/C60H108O6/c1-4-7-10-13-16-19-22-25-28-29-30-31-33-35-38-41-44-47-50-53-59(62)65-56-57(55-64-58(61)52-49-46-43-40-37-34-27-24-21-18-15-12-9-6-3)66-60(63)54-51-48-45-42-39-36-32-26-23-20-17-14-11-8-5-2/h9,12,18,21,27,29-30,34,57H,4-8,10-11,13-17,19-20,22-26,28,31-33,35-56H2,1-3H3/b12-9-,21-18-,30-29-,34-27-. The fourth-order valence-electron chi connectivity index (χ4n) is 8.28. The highest BCUT2D eigenvalue weighted by Gasteiger charge is 2.19. The molecule has 0 saturated heterocycles. The van der Waals surface area contributed by atoms with Crippen molar-refractivity contribution in [1.29, 1.82) is 0 Å². The fraction of sp³-hybridized carbons (Fsp3) is 0.817. The molecule has 6 heteroatoms. The molecule has 1 unspecified atom stereocenters. The summed E-state index contributed by atoms with van der Waals surface area (Å²) in [5, 5.41) is 0. The first-order valence-electron chi connectivity index (χ1n) is 28.6. The molecule has 0 aromatic rings. The third kappa shape index (κ3) is 52.3. The Morgan fingerprint density at radius 2 is 0.591 bits per heavy atom. The van der Waals surface area contributed by atoms with Gasteiger partial charge in [-0.3, -0.25) is 14.4 Å². The van der Waals surface area contributed by atoms with E-state index >= 15 is 0 Å². The third-order valence-corrected chi connectivity index (χ3v) is 12.6. The third-order valence-electron chi connectivity index (χ3n) is 12.6. The van der Waals surface area contributed by atoms with Crippen LogP contribution in [0.15, 0.2) is 48.6 Å². The van der Waals surface area contributed by atoms with E-state index in [1.165, 1.54) is 167 Å². The van der Waals surface area contributed by atoms with Crippen molar-refractivity contribution < 1.29 is 28.6 Å². The van der Waals surface area contributed by atoms with Crippen molar-refractivity contribution in [1.82, 2.24) is 0 Å². The van der Waals surface area contributed by atoms with Gasteiger partial charge in [0, 0.05) is 19.3 Å². The van der Waals surface area contributed by atoms with E-state index in [0.29, 0.717) is 19.3 Å². The van der Waals surface area contributed by atoms with Crippen LogP contribution in [0.3, 0.4) is 0 Å². The van der Waals surface area contributed by atoms with Crippen molar-refractivity contribution in [2.45, 2.75) is 303 Å². The number of carbonyl (C=O) groups is 3. The van der Waals surface area contributed by atoms with Gasteiger partial charge < -0.3 is 14.2 Å². The van der Waals surface area contributed by atoms with E-state index in [0.717, 1.165) is 89.9 Å². The predicted octanol–water partition coefficient (Wildman–Crippen LogP) is 19.0. The van der Waals surface area contributed by atoms with Gasteiger partial charge in [0.15, 0.2) is 6.10 Å². The first-order chi connectivity index (χ1) is 32.5. The number of hydrogen-bond acceptors (Lipinski definition) is 6. The second kappa shape index (κ2) is 55.0. The number of carbonyl (C=O) groups excluding carboxylic acids is 3. The number of allylic oxidation sites excluding steroid dienone is 8. The van der Waals surface area contributed by atoms with Crippen LogP contribution in [0.2, 0.25) is 0 Å². The van der Waals surface area contributed by atoms with Gasteiger partial charge in [0.25, 0.3) is 0 Å². The van der Waals surface area contributed by atoms with Gasteiger partial charge in [0.1, 0.15) is 13.2 Å². The molecule has 0 fully saturated rings. The molecule has 0 amide bonds. The van der Waals surface area contributed by atoms with E-state index < -0.39 is 6.10 Å². The zero-order chi connectivity index (χ0) is 47.9. The Morgan fingerprint density at radius 3 is 0.939 bits per heavy atom. The van der Waals surface area contributed by atoms with Gasteiger partial charge >= 0.3 is 17.9 Å². The quantitative estimate of drug-likeness (QED) is 0.0262. The van der Waals surface area contributed by atoms with Gasteiger partial charge in [0.2, 0.25) is 0 Å². The molecule has 0 spiro atoms. The highest BCUT2D eigenvalue weighted by Crippen LogP contribution is 2.16. The van der Waals surface area contributed by atoms with Crippen molar-refractivity contribution in [3.05, 3.63) is 48.6 Å². The minimum absolute atomic E-state index is 0.0799. The monoisotopic (exact) mass is 925 g/mol. The van der Waals surface area contributed by atoms with Crippen molar-refractivity contribution >= 4 is 17.9 Å². The molecule has 0 aromatic heterocycles. The summed E-state index contributed by atoms with van der Waals surface area (Å²) in [6.45, 7) is 6.54. The largest absolute Gasteiger partial charge is 0.462 e. The highest BCUT2D eigenvalue weighted by atomic mass is 16.6. The first-order valence-corrected chi connectivity index (χ1v) is 28.6. The van der Waals surface area contributed by atoms with Crippen LogP contribution in [-0.2, 0) is 28.6 Å². The zero-order valence-electron chi connectivity index (χ0n) is 44.0. The molecule has 0 aliphatic rings. The summed E-state index contributed by atoms with van der Waals surface area (Å²) in [7, 11) is 0. The van der Waals surface area contributed by atoms with Crippen molar-refractivity contribution in [3.63, 3.8) is 0 Å². The van der Waals surface area contributed by atoms with E-state index in [2.05, 4.69) is 69.4 Å². The molecule has 0 bridgehead atoms. The first kappa shape index (κ1) is 63.4. The highest BCUT2D eigenvalue weighted by molar-refractivity contribution is 5.71. The predicted molar refractivity (Wildman–Crippen MR) is 284 cm³/mol. The van der Waals surface area contributed by atoms with Crippen molar-refractivity contribution in [2.24, 2.45) is 0 Å². The van der Waals surface area contributed by atoms with Gasteiger partial charge in [-0.25, -0.2) is 0 Å². The zero-order valence-corrected chi connectivity index (χ0v) is 44.0. The number of hydrogen-bond donors (Lipinski definition) is 0. The molecule has 6 nitrogen and oxygen atoms in total. The molecule has 384 valence electrons. The summed E-state index contributed by atoms with van der Waals surface area (Å²) in [5.41, 5.74) is 0. The summed E-state index contributed by atoms with van der Waals surface area (Å²) >= 11 is 0. The van der Waals surface area contributed by atoms with E-state index in [1.807, 2.05) is 0 Å². The Morgan fingerprint density at radius 1 is 0.318 bits per heavy atom. The van der Waals surface area contributed by atoms with Crippen LogP contribution >= 0.6 is 0 Å². The smallest absolute Gasteiger partial charge is 0.306 e. The van der Waals surface area contributed by atoms with Crippen LogP contribution in [-0.4, -0.2) is 37.2 Å². The molecule has 0 N–H and O–H groups in total. The molecular weight excluding hydrogens is 817 g/mol. The van der Waals surface area contributed by atoms with Crippen LogP contribution in [0.1, 0.15) is 297 Å².